The summed E-state index contributed by atoms with van der Waals surface area (Å²) < 4.78 is 28.5. The van der Waals surface area contributed by atoms with Gasteiger partial charge in [0.15, 0.2) is 9.84 Å². The monoisotopic (exact) mass is 283 g/mol. The molecule has 2 rings (SSSR count). The van der Waals surface area contributed by atoms with Gasteiger partial charge in [0.05, 0.1) is 17.6 Å². The highest BCUT2D eigenvalue weighted by atomic mass is 32.2. The highest BCUT2D eigenvalue weighted by molar-refractivity contribution is 7.92. The number of aryl methyl sites for hydroxylation is 1. The largest absolute Gasteiger partial charge is 0.465 e. The number of ether oxygens (including phenoxy) is 1. The fourth-order valence-electron chi connectivity index (χ4n) is 2.12. The maximum atomic E-state index is 11.9. The Morgan fingerprint density at radius 2 is 2.16 bits per heavy atom. The zero-order chi connectivity index (χ0) is 14.2. The summed E-state index contributed by atoms with van der Waals surface area (Å²) in [5, 5.41) is 11.9. The van der Waals surface area contributed by atoms with Gasteiger partial charge in [0, 0.05) is 5.56 Å². The summed E-state index contributed by atoms with van der Waals surface area (Å²) in [4.78, 5) is 11.7. The summed E-state index contributed by atoms with van der Waals surface area (Å²) in [6.45, 7) is 1.84. The lowest BCUT2D eigenvalue weighted by Crippen LogP contribution is -2.08. The minimum atomic E-state index is -3.55. The van der Waals surface area contributed by atoms with E-state index in [-0.39, 0.29) is 21.9 Å². The molecule has 0 saturated heterocycles. The number of sulfone groups is 1. The average molecular weight is 283 g/mol. The molecule has 1 aromatic carbocycles. The number of carbonyl (C=O) groups excluding carboxylic acids is 1. The van der Waals surface area contributed by atoms with Crippen LogP contribution in [0.3, 0.4) is 0 Å². The smallest absolute Gasteiger partial charge is 0.338 e. The van der Waals surface area contributed by atoms with E-state index in [1.54, 1.807) is 6.07 Å². The van der Waals surface area contributed by atoms with E-state index in [1.807, 2.05) is 6.92 Å². The Kier molecular flexibility index (Phi) is 3.32. The van der Waals surface area contributed by atoms with Crippen LogP contribution in [0.25, 0.3) is 0 Å². The number of fused-ring (bicyclic) bond motifs is 1. The highest BCUT2D eigenvalue weighted by Gasteiger charge is 2.34. The van der Waals surface area contributed by atoms with Crippen molar-refractivity contribution in [2.75, 3.05) is 12.9 Å². The van der Waals surface area contributed by atoms with E-state index < -0.39 is 15.8 Å². The first-order valence-electron chi connectivity index (χ1n) is 5.64. The fourth-order valence-corrected chi connectivity index (χ4v) is 3.66. The van der Waals surface area contributed by atoms with E-state index in [1.165, 1.54) is 13.2 Å². The standard InChI is InChI=1S/C12H13NO5S/c1-3-7-4-9-10(13-15)6-19(16,17)11(9)5-8(7)12(14)18-2/h4-5,15H,3,6H2,1-2H3. The van der Waals surface area contributed by atoms with Gasteiger partial charge in [0.1, 0.15) is 11.5 Å². The van der Waals surface area contributed by atoms with Gasteiger partial charge in [-0.15, -0.1) is 0 Å². The maximum absolute atomic E-state index is 11.9. The third-order valence-electron chi connectivity index (χ3n) is 3.09. The lowest BCUT2D eigenvalue weighted by molar-refractivity contribution is 0.0599. The molecule has 0 atom stereocenters. The molecule has 19 heavy (non-hydrogen) atoms. The molecule has 0 unspecified atom stereocenters. The molecular formula is C12H13NO5S. The van der Waals surface area contributed by atoms with Gasteiger partial charge in [0.2, 0.25) is 0 Å². The van der Waals surface area contributed by atoms with Crippen LogP contribution in [0.2, 0.25) is 0 Å². The first-order chi connectivity index (χ1) is 8.94. The van der Waals surface area contributed by atoms with Crippen LogP contribution in [-0.2, 0) is 21.0 Å². The second-order valence-corrected chi connectivity index (χ2v) is 6.11. The molecule has 0 aliphatic carbocycles. The quantitative estimate of drug-likeness (QED) is 0.496. The molecule has 0 radical (unpaired) electrons. The zero-order valence-electron chi connectivity index (χ0n) is 10.5. The van der Waals surface area contributed by atoms with Crippen molar-refractivity contribution in [3.8, 4) is 0 Å². The van der Waals surface area contributed by atoms with Gasteiger partial charge in [-0.1, -0.05) is 12.1 Å². The van der Waals surface area contributed by atoms with Crippen LogP contribution < -0.4 is 0 Å². The van der Waals surface area contributed by atoms with Crippen LogP contribution in [0.15, 0.2) is 22.2 Å². The topological polar surface area (TPSA) is 93.0 Å². The predicted molar refractivity (Wildman–Crippen MR) is 67.5 cm³/mol. The van der Waals surface area contributed by atoms with Crippen LogP contribution in [0.4, 0.5) is 0 Å². The summed E-state index contributed by atoms with van der Waals surface area (Å²) in [6, 6.07) is 2.87. The van der Waals surface area contributed by atoms with E-state index in [0.717, 1.165) is 0 Å². The Hall–Kier alpha value is -1.89. The van der Waals surface area contributed by atoms with E-state index in [4.69, 9.17) is 5.21 Å². The van der Waals surface area contributed by atoms with Crippen LogP contribution >= 0.6 is 0 Å². The van der Waals surface area contributed by atoms with Crippen LogP contribution in [-0.4, -0.2) is 38.2 Å². The molecular weight excluding hydrogens is 270 g/mol. The summed E-state index contributed by atoms with van der Waals surface area (Å²) in [5.74, 6) is -0.934. The molecule has 0 amide bonds. The summed E-state index contributed by atoms with van der Waals surface area (Å²) in [6.07, 6.45) is 0.538. The van der Waals surface area contributed by atoms with Gasteiger partial charge in [-0.05, 0) is 24.1 Å². The van der Waals surface area contributed by atoms with E-state index in [2.05, 4.69) is 9.89 Å². The number of oxime groups is 1. The summed E-state index contributed by atoms with van der Waals surface area (Å²) in [5.41, 5.74) is 1.34. The molecule has 1 aliphatic rings. The van der Waals surface area contributed by atoms with Crippen molar-refractivity contribution in [1.82, 2.24) is 0 Å². The van der Waals surface area contributed by atoms with Crippen molar-refractivity contribution < 1.29 is 23.2 Å². The molecule has 1 heterocycles. The van der Waals surface area contributed by atoms with Crippen molar-refractivity contribution in [2.45, 2.75) is 18.2 Å². The number of carbonyl (C=O) groups is 1. The third-order valence-corrected chi connectivity index (χ3v) is 4.75. The number of methoxy groups -OCH3 is 1. The number of hydrogen-bond acceptors (Lipinski definition) is 6. The van der Waals surface area contributed by atoms with Crippen molar-refractivity contribution >= 4 is 21.5 Å². The first-order valence-corrected chi connectivity index (χ1v) is 7.29. The van der Waals surface area contributed by atoms with Crippen molar-refractivity contribution in [1.29, 1.82) is 0 Å². The molecule has 7 heteroatoms. The minimum Gasteiger partial charge on any atom is -0.465 e. The Morgan fingerprint density at radius 1 is 1.47 bits per heavy atom. The third kappa shape index (κ3) is 2.10. The molecule has 0 bridgehead atoms. The van der Waals surface area contributed by atoms with Gasteiger partial charge >= 0.3 is 5.97 Å². The van der Waals surface area contributed by atoms with E-state index in [9.17, 15) is 13.2 Å². The maximum Gasteiger partial charge on any atom is 0.338 e. The Bertz CT molecular complexity index is 676. The second-order valence-electron chi connectivity index (χ2n) is 4.16. The first kappa shape index (κ1) is 13.5. The minimum absolute atomic E-state index is 0.0119. The van der Waals surface area contributed by atoms with Gasteiger partial charge in [0.25, 0.3) is 0 Å². The molecule has 1 aromatic rings. The van der Waals surface area contributed by atoms with Crippen molar-refractivity contribution in [3.05, 3.63) is 28.8 Å². The van der Waals surface area contributed by atoms with Crippen molar-refractivity contribution in [2.24, 2.45) is 5.16 Å². The molecule has 0 spiro atoms. The SMILES string of the molecule is CCc1cc2c(cc1C(=O)OC)S(=O)(=O)CC2=NO. The normalized spacial score (nSPS) is 18.3. The van der Waals surface area contributed by atoms with Gasteiger partial charge in [-0.3, -0.25) is 0 Å². The van der Waals surface area contributed by atoms with Crippen LogP contribution in [0, 0.1) is 0 Å². The van der Waals surface area contributed by atoms with Crippen LogP contribution in [0.5, 0.6) is 0 Å². The number of rotatable bonds is 2. The Morgan fingerprint density at radius 3 is 2.68 bits per heavy atom. The van der Waals surface area contributed by atoms with Gasteiger partial charge < -0.3 is 9.94 Å². The van der Waals surface area contributed by atoms with Crippen LogP contribution in [0.1, 0.15) is 28.4 Å². The predicted octanol–water partition coefficient (Wildman–Crippen LogP) is 1.00. The second kappa shape index (κ2) is 4.65. The van der Waals surface area contributed by atoms with E-state index in [0.29, 0.717) is 17.5 Å². The summed E-state index contributed by atoms with van der Waals surface area (Å²) >= 11 is 0. The number of benzene rings is 1. The molecule has 0 aromatic heterocycles. The van der Waals surface area contributed by atoms with Gasteiger partial charge in [-0.2, -0.15) is 0 Å². The van der Waals surface area contributed by atoms with Gasteiger partial charge in [-0.25, -0.2) is 13.2 Å². The summed E-state index contributed by atoms with van der Waals surface area (Å²) in [7, 11) is -2.31. The lowest BCUT2D eigenvalue weighted by Gasteiger charge is -2.08. The van der Waals surface area contributed by atoms with Crippen molar-refractivity contribution in [3.63, 3.8) is 0 Å². The molecule has 1 aliphatic heterocycles. The molecule has 0 saturated carbocycles. The Balaban J connectivity index is 2.76. The molecule has 6 nitrogen and oxygen atoms in total. The molecule has 1 N–H and O–H groups in total. The number of esters is 1. The fraction of sp³-hybridized carbons (Fsp3) is 0.333. The average Bonchev–Trinajstić information content (AvgIpc) is 2.67. The molecule has 102 valence electrons. The van der Waals surface area contributed by atoms with E-state index >= 15 is 0 Å². The highest BCUT2D eigenvalue weighted by Crippen LogP contribution is 2.30. The lowest BCUT2D eigenvalue weighted by atomic mass is 10.00. The number of hydrogen-bond donors (Lipinski definition) is 1. The Labute approximate surface area is 110 Å². The number of nitrogens with zero attached hydrogens (tertiary/aromatic N) is 1. The molecule has 0 fully saturated rings. The zero-order valence-corrected chi connectivity index (χ0v) is 11.3.